The van der Waals surface area contributed by atoms with Crippen molar-refractivity contribution in [2.24, 2.45) is 5.92 Å². The molecule has 4 heteroatoms. The number of hydrogen-bond donors (Lipinski definition) is 1. The van der Waals surface area contributed by atoms with Gasteiger partial charge in [0, 0.05) is 32.9 Å². The van der Waals surface area contributed by atoms with E-state index in [1.165, 1.54) is 0 Å². The second kappa shape index (κ2) is 11.3. The first-order chi connectivity index (χ1) is 7.70. The Labute approximate surface area is 99.6 Å². The third-order valence-electron chi connectivity index (χ3n) is 1.89. The fourth-order valence-corrected chi connectivity index (χ4v) is 1.22. The number of nitrogens with one attached hydrogen (secondary N) is 1. The molecule has 0 aliphatic rings. The Hall–Kier alpha value is -0.160. The highest BCUT2D eigenvalue weighted by atomic mass is 16.7. The summed E-state index contributed by atoms with van der Waals surface area (Å²) in [7, 11) is 0. The molecular weight excluding hydrogens is 206 g/mol. The van der Waals surface area contributed by atoms with Gasteiger partial charge in [0.05, 0.1) is 6.61 Å². The van der Waals surface area contributed by atoms with Gasteiger partial charge in [0.2, 0.25) is 0 Å². The van der Waals surface area contributed by atoms with E-state index < -0.39 is 0 Å². The fraction of sp³-hybridized carbons (Fsp3) is 1.00. The molecule has 98 valence electrons. The Bertz CT molecular complexity index is 136. The van der Waals surface area contributed by atoms with E-state index in [-0.39, 0.29) is 6.29 Å². The van der Waals surface area contributed by atoms with E-state index in [0.717, 1.165) is 19.8 Å². The van der Waals surface area contributed by atoms with Gasteiger partial charge in [-0.05, 0) is 19.8 Å². The molecule has 0 aliphatic heterocycles. The molecule has 1 N–H and O–H groups in total. The van der Waals surface area contributed by atoms with Gasteiger partial charge in [0.1, 0.15) is 0 Å². The maximum atomic E-state index is 5.45. The first kappa shape index (κ1) is 15.8. The second-order valence-electron chi connectivity index (χ2n) is 4.01. The van der Waals surface area contributed by atoms with Crippen molar-refractivity contribution in [1.82, 2.24) is 5.32 Å². The lowest BCUT2D eigenvalue weighted by atomic mass is 10.2. The molecule has 0 rings (SSSR count). The van der Waals surface area contributed by atoms with Gasteiger partial charge < -0.3 is 19.5 Å². The molecule has 0 aliphatic carbocycles. The van der Waals surface area contributed by atoms with Gasteiger partial charge in [0.25, 0.3) is 0 Å². The molecule has 0 aromatic heterocycles. The zero-order valence-electron chi connectivity index (χ0n) is 11.1. The van der Waals surface area contributed by atoms with Crippen molar-refractivity contribution in [3.8, 4) is 0 Å². The van der Waals surface area contributed by atoms with E-state index in [0.29, 0.717) is 25.7 Å². The maximum absolute atomic E-state index is 5.45. The van der Waals surface area contributed by atoms with Crippen LogP contribution in [0, 0.1) is 5.92 Å². The molecule has 0 fully saturated rings. The van der Waals surface area contributed by atoms with E-state index in [1.807, 2.05) is 13.8 Å². The van der Waals surface area contributed by atoms with Crippen molar-refractivity contribution in [2.45, 2.75) is 34.0 Å². The summed E-state index contributed by atoms with van der Waals surface area (Å²) in [5.74, 6) is 0.597. The number of hydrogen-bond acceptors (Lipinski definition) is 4. The molecule has 0 unspecified atom stereocenters. The Kier molecular flexibility index (Phi) is 11.2. The van der Waals surface area contributed by atoms with Crippen LogP contribution in [0.1, 0.15) is 27.7 Å². The molecule has 0 aromatic carbocycles. The molecule has 4 nitrogen and oxygen atoms in total. The van der Waals surface area contributed by atoms with Gasteiger partial charge in [-0.15, -0.1) is 0 Å². The van der Waals surface area contributed by atoms with Gasteiger partial charge in [-0.2, -0.15) is 0 Å². The van der Waals surface area contributed by atoms with Crippen LogP contribution in [0.4, 0.5) is 0 Å². The molecule has 0 bridgehead atoms. The minimum Gasteiger partial charge on any atom is -0.380 e. The quantitative estimate of drug-likeness (QED) is 0.435. The Morgan fingerprint density at radius 2 is 1.69 bits per heavy atom. The summed E-state index contributed by atoms with van der Waals surface area (Å²) in [6.07, 6.45) is -0.139. The van der Waals surface area contributed by atoms with E-state index in [2.05, 4.69) is 19.2 Å². The summed E-state index contributed by atoms with van der Waals surface area (Å²) in [6.45, 7) is 12.7. The molecule has 0 aromatic rings. The zero-order valence-corrected chi connectivity index (χ0v) is 11.1. The highest BCUT2D eigenvalue weighted by molar-refractivity contribution is 4.51. The predicted octanol–water partition coefficient (Wildman–Crippen LogP) is 1.65. The van der Waals surface area contributed by atoms with Crippen LogP contribution in [-0.2, 0) is 14.2 Å². The lowest BCUT2D eigenvalue weighted by Gasteiger charge is -2.17. The average Bonchev–Trinajstić information content (AvgIpc) is 2.23. The van der Waals surface area contributed by atoms with Crippen molar-refractivity contribution in [2.75, 3.05) is 39.5 Å². The summed E-state index contributed by atoms with van der Waals surface area (Å²) >= 11 is 0. The lowest BCUT2D eigenvalue weighted by Crippen LogP contribution is -2.33. The molecule has 0 heterocycles. The Morgan fingerprint density at radius 1 is 1.06 bits per heavy atom. The van der Waals surface area contributed by atoms with Gasteiger partial charge in [0.15, 0.2) is 6.29 Å². The summed E-state index contributed by atoms with van der Waals surface area (Å²) in [5.41, 5.74) is 0. The standard InChI is InChI=1S/C12H27NO3/c1-5-15-12(16-6-2)9-13-7-8-14-10-11(3)4/h11-13H,5-10H2,1-4H3. The minimum absolute atomic E-state index is 0.139. The van der Waals surface area contributed by atoms with Crippen LogP contribution in [-0.4, -0.2) is 45.8 Å². The fourth-order valence-electron chi connectivity index (χ4n) is 1.22. The second-order valence-corrected chi connectivity index (χ2v) is 4.01. The molecule has 0 radical (unpaired) electrons. The van der Waals surface area contributed by atoms with Crippen LogP contribution >= 0.6 is 0 Å². The number of ether oxygens (including phenoxy) is 3. The maximum Gasteiger partial charge on any atom is 0.169 e. The minimum atomic E-state index is -0.139. The largest absolute Gasteiger partial charge is 0.380 e. The Balaban J connectivity index is 3.32. The van der Waals surface area contributed by atoms with Crippen LogP contribution in [0.25, 0.3) is 0 Å². The van der Waals surface area contributed by atoms with E-state index in [9.17, 15) is 0 Å². The van der Waals surface area contributed by atoms with Crippen LogP contribution < -0.4 is 5.32 Å². The third-order valence-corrected chi connectivity index (χ3v) is 1.89. The van der Waals surface area contributed by atoms with Crippen LogP contribution in [0.2, 0.25) is 0 Å². The van der Waals surface area contributed by atoms with Crippen LogP contribution in [0.15, 0.2) is 0 Å². The van der Waals surface area contributed by atoms with Crippen molar-refractivity contribution in [3.63, 3.8) is 0 Å². The van der Waals surface area contributed by atoms with Crippen LogP contribution in [0.3, 0.4) is 0 Å². The molecule has 16 heavy (non-hydrogen) atoms. The average molecular weight is 233 g/mol. The van der Waals surface area contributed by atoms with Gasteiger partial charge in [-0.3, -0.25) is 0 Å². The van der Waals surface area contributed by atoms with Gasteiger partial charge in [-0.1, -0.05) is 13.8 Å². The van der Waals surface area contributed by atoms with Crippen LogP contribution in [0.5, 0.6) is 0 Å². The molecule has 0 saturated carbocycles. The zero-order chi connectivity index (χ0) is 12.2. The van der Waals surface area contributed by atoms with Gasteiger partial charge >= 0.3 is 0 Å². The summed E-state index contributed by atoms with van der Waals surface area (Å²) < 4.78 is 16.3. The SMILES string of the molecule is CCOC(CNCCOCC(C)C)OCC. The first-order valence-corrected chi connectivity index (χ1v) is 6.22. The number of rotatable bonds is 11. The predicted molar refractivity (Wildman–Crippen MR) is 65.6 cm³/mol. The Morgan fingerprint density at radius 3 is 2.19 bits per heavy atom. The topological polar surface area (TPSA) is 39.7 Å². The monoisotopic (exact) mass is 233 g/mol. The highest BCUT2D eigenvalue weighted by Crippen LogP contribution is 1.93. The lowest BCUT2D eigenvalue weighted by molar-refractivity contribution is -0.133. The first-order valence-electron chi connectivity index (χ1n) is 6.22. The molecular formula is C12H27NO3. The van der Waals surface area contributed by atoms with E-state index >= 15 is 0 Å². The molecule has 0 amide bonds. The van der Waals surface area contributed by atoms with Crippen molar-refractivity contribution in [3.05, 3.63) is 0 Å². The molecule has 0 saturated heterocycles. The summed E-state index contributed by atoms with van der Waals surface area (Å²) in [4.78, 5) is 0. The smallest absolute Gasteiger partial charge is 0.169 e. The summed E-state index contributed by atoms with van der Waals surface area (Å²) in [5, 5.41) is 3.25. The van der Waals surface area contributed by atoms with Crippen molar-refractivity contribution >= 4 is 0 Å². The van der Waals surface area contributed by atoms with Crippen molar-refractivity contribution in [1.29, 1.82) is 0 Å². The molecule has 0 atom stereocenters. The summed E-state index contributed by atoms with van der Waals surface area (Å²) in [6, 6.07) is 0. The van der Waals surface area contributed by atoms with Crippen molar-refractivity contribution < 1.29 is 14.2 Å². The third kappa shape index (κ3) is 10.4. The highest BCUT2D eigenvalue weighted by Gasteiger charge is 2.06. The van der Waals surface area contributed by atoms with E-state index in [4.69, 9.17) is 14.2 Å². The molecule has 0 spiro atoms. The van der Waals surface area contributed by atoms with E-state index in [1.54, 1.807) is 0 Å². The normalized spacial score (nSPS) is 11.6. The van der Waals surface area contributed by atoms with Gasteiger partial charge in [-0.25, -0.2) is 0 Å².